The molecule has 0 spiro atoms. The van der Waals surface area contributed by atoms with Crippen molar-refractivity contribution < 1.29 is 0 Å². The fraction of sp³-hybridized carbons (Fsp3) is 0.727. The maximum Gasteiger partial charge on any atom is 0.0521 e. The molecule has 1 fully saturated rings. The normalized spacial score (nSPS) is 27.9. The van der Waals surface area contributed by atoms with Crippen LogP contribution in [0.5, 0.6) is 0 Å². The molecule has 2 atom stereocenters. The lowest BCUT2D eigenvalue weighted by Gasteiger charge is -2.26. The van der Waals surface area contributed by atoms with Crippen LogP contribution in [-0.4, -0.2) is 15.2 Å². The zero-order valence-electron chi connectivity index (χ0n) is 8.83. The van der Waals surface area contributed by atoms with Crippen LogP contribution in [0.2, 0.25) is 0 Å². The third kappa shape index (κ3) is 1.81. The lowest BCUT2D eigenvalue weighted by atomic mass is 9.85. The molecule has 0 amide bonds. The number of halogens is 1. The van der Waals surface area contributed by atoms with Gasteiger partial charge in [0, 0.05) is 24.0 Å². The van der Waals surface area contributed by atoms with Gasteiger partial charge in [-0.1, -0.05) is 6.42 Å². The number of nitrogens with zero attached hydrogens (tertiary/aromatic N) is 2. The largest absolute Gasteiger partial charge is 0.272 e. The van der Waals surface area contributed by atoms with E-state index in [2.05, 4.69) is 12.0 Å². The zero-order valence-corrected chi connectivity index (χ0v) is 9.59. The van der Waals surface area contributed by atoms with E-state index in [0.29, 0.717) is 11.3 Å². The molecule has 2 unspecified atom stereocenters. The Labute approximate surface area is 90.3 Å². The summed E-state index contributed by atoms with van der Waals surface area (Å²) in [5.74, 6) is 0.624. The van der Waals surface area contributed by atoms with Gasteiger partial charge < -0.3 is 0 Å². The number of hydrogen-bond donors (Lipinski definition) is 0. The van der Waals surface area contributed by atoms with Crippen molar-refractivity contribution in [1.29, 1.82) is 0 Å². The van der Waals surface area contributed by atoms with Crippen LogP contribution in [0.3, 0.4) is 0 Å². The molecule has 0 bridgehead atoms. The summed E-state index contributed by atoms with van der Waals surface area (Å²) in [7, 11) is 2.03. The Hall–Kier alpha value is -0.500. The van der Waals surface area contributed by atoms with Gasteiger partial charge in [0.1, 0.15) is 0 Å². The van der Waals surface area contributed by atoms with Crippen molar-refractivity contribution in [2.24, 2.45) is 7.05 Å². The molecule has 0 N–H and O–H groups in total. The van der Waals surface area contributed by atoms with Crippen molar-refractivity contribution >= 4 is 11.6 Å². The van der Waals surface area contributed by atoms with Gasteiger partial charge in [0.05, 0.1) is 6.20 Å². The van der Waals surface area contributed by atoms with Gasteiger partial charge in [0.15, 0.2) is 0 Å². The first-order valence-corrected chi connectivity index (χ1v) is 5.74. The maximum absolute atomic E-state index is 6.20. The number of alkyl halides is 1. The molecule has 3 heteroatoms. The predicted octanol–water partition coefficient (Wildman–Crippen LogP) is 2.99. The Balaban J connectivity index is 2.21. The molecule has 1 heterocycles. The molecule has 1 aromatic rings. The first-order valence-electron chi connectivity index (χ1n) is 5.31. The molecule has 1 aliphatic carbocycles. The van der Waals surface area contributed by atoms with Gasteiger partial charge in [0.25, 0.3) is 0 Å². The number of rotatable bonds is 1. The molecule has 78 valence electrons. The second kappa shape index (κ2) is 3.93. The summed E-state index contributed by atoms with van der Waals surface area (Å²) in [6.07, 6.45) is 6.76. The molecule has 14 heavy (non-hydrogen) atoms. The molecular weight excluding hydrogens is 196 g/mol. The van der Waals surface area contributed by atoms with Crippen molar-refractivity contribution in [3.8, 4) is 0 Å². The van der Waals surface area contributed by atoms with E-state index >= 15 is 0 Å². The molecule has 1 aromatic heterocycles. The minimum Gasteiger partial charge on any atom is -0.272 e. The van der Waals surface area contributed by atoms with Gasteiger partial charge >= 0.3 is 0 Å². The molecule has 2 nitrogen and oxygen atoms in total. The fourth-order valence-corrected chi connectivity index (χ4v) is 2.89. The molecular formula is C11H17ClN2. The highest BCUT2D eigenvalue weighted by molar-refractivity contribution is 6.20. The van der Waals surface area contributed by atoms with E-state index in [9.17, 15) is 0 Å². The Morgan fingerprint density at radius 2 is 2.29 bits per heavy atom. The van der Waals surface area contributed by atoms with Gasteiger partial charge in [-0.05, 0) is 31.7 Å². The number of aromatic nitrogens is 2. The number of hydrogen-bond acceptors (Lipinski definition) is 1. The maximum atomic E-state index is 6.20. The van der Waals surface area contributed by atoms with Crippen molar-refractivity contribution in [3.05, 3.63) is 17.5 Å². The summed E-state index contributed by atoms with van der Waals surface area (Å²) in [6.45, 7) is 2.14. The van der Waals surface area contributed by atoms with E-state index in [1.807, 2.05) is 17.9 Å². The van der Waals surface area contributed by atoms with Gasteiger partial charge in [-0.15, -0.1) is 11.6 Å². The summed E-state index contributed by atoms with van der Waals surface area (Å²) >= 11 is 6.20. The molecule has 2 rings (SSSR count). The van der Waals surface area contributed by atoms with Gasteiger partial charge in [-0.3, -0.25) is 4.68 Å². The molecule has 1 aliphatic rings. The monoisotopic (exact) mass is 212 g/mol. The van der Waals surface area contributed by atoms with Crippen molar-refractivity contribution in [3.63, 3.8) is 0 Å². The van der Waals surface area contributed by atoms with Gasteiger partial charge in [-0.2, -0.15) is 5.10 Å². The average molecular weight is 213 g/mol. The van der Waals surface area contributed by atoms with Crippen molar-refractivity contribution in [2.75, 3.05) is 0 Å². The Bertz CT molecular complexity index is 300. The second-order valence-electron chi connectivity index (χ2n) is 4.30. The Morgan fingerprint density at radius 3 is 2.86 bits per heavy atom. The quantitative estimate of drug-likeness (QED) is 0.655. The van der Waals surface area contributed by atoms with Crippen LogP contribution >= 0.6 is 11.6 Å². The molecule has 0 radical (unpaired) electrons. The highest BCUT2D eigenvalue weighted by Gasteiger charge is 2.24. The molecule has 0 aromatic carbocycles. The summed E-state index contributed by atoms with van der Waals surface area (Å²) in [6, 6.07) is 0. The third-order valence-electron chi connectivity index (χ3n) is 3.17. The molecule has 0 aliphatic heterocycles. The van der Waals surface area contributed by atoms with E-state index in [1.165, 1.54) is 30.5 Å². The van der Waals surface area contributed by atoms with E-state index in [1.54, 1.807) is 0 Å². The van der Waals surface area contributed by atoms with Crippen LogP contribution in [0.4, 0.5) is 0 Å². The first-order chi connectivity index (χ1) is 6.68. The van der Waals surface area contributed by atoms with Crippen LogP contribution < -0.4 is 0 Å². The molecule has 1 saturated carbocycles. The Kier molecular flexibility index (Phi) is 2.82. The minimum absolute atomic E-state index is 0.364. The van der Waals surface area contributed by atoms with Crippen LogP contribution in [0.15, 0.2) is 6.20 Å². The lowest BCUT2D eigenvalue weighted by Crippen LogP contribution is -2.17. The second-order valence-corrected chi connectivity index (χ2v) is 4.91. The molecule has 0 saturated heterocycles. The zero-order chi connectivity index (χ0) is 10.1. The lowest BCUT2D eigenvalue weighted by molar-refractivity contribution is 0.428. The number of aryl methyl sites for hydroxylation is 2. The van der Waals surface area contributed by atoms with E-state index in [0.717, 1.165) is 6.42 Å². The minimum atomic E-state index is 0.364. The van der Waals surface area contributed by atoms with Crippen molar-refractivity contribution in [1.82, 2.24) is 9.78 Å². The summed E-state index contributed by atoms with van der Waals surface area (Å²) < 4.78 is 2.01. The first kappa shape index (κ1) is 10.0. The Morgan fingerprint density at radius 1 is 1.50 bits per heavy atom. The fourth-order valence-electron chi connectivity index (χ4n) is 2.52. The van der Waals surface area contributed by atoms with E-state index in [4.69, 9.17) is 11.6 Å². The van der Waals surface area contributed by atoms with E-state index < -0.39 is 0 Å². The van der Waals surface area contributed by atoms with E-state index in [-0.39, 0.29) is 0 Å². The SMILES string of the molecule is Cc1cnn(C)c1C1CCCC(Cl)C1. The van der Waals surface area contributed by atoms with Crippen LogP contribution in [0.25, 0.3) is 0 Å². The smallest absolute Gasteiger partial charge is 0.0521 e. The standard InChI is InChI=1S/C11H17ClN2/c1-8-7-13-14(2)11(8)9-4-3-5-10(12)6-9/h7,9-10H,3-6H2,1-2H3. The topological polar surface area (TPSA) is 17.8 Å². The average Bonchev–Trinajstić information content (AvgIpc) is 2.46. The van der Waals surface area contributed by atoms with Crippen LogP contribution in [-0.2, 0) is 7.05 Å². The summed E-state index contributed by atoms with van der Waals surface area (Å²) in [5, 5.41) is 4.65. The van der Waals surface area contributed by atoms with Crippen LogP contribution in [0, 0.1) is 6.92 Å². The summed E-state index contributed by atoms with van der Waals surface area (Å²) in [4.78, 5) is 0. The van der Waals surface area contributed by atoms with Crippen molar-refractivity contribution in [2.45, 2.75) is 43.9 Å². The highest BCUT2D eigenvalue weighted by atomic mass is 35.5. The van der Waals surface area contributed by atoms with Crippen LogP contribution in [0.1, 0.15) is 42.9 Å². The van der Waals surface area contributed by atoms with Gasteiger partial charge in [0.2, 0.25) is 0 Å². The van der Waals surface area contributed by atoms with Gasteiger partial charge in [-0.25, -0.2) is 0 Å². The third-order valence-corrected chi connectivity index (χ3v) is 3.57. The predicted molar refractivity (Wildman–Crippen MR) is 58.8 cm³/mol. The summed E-state index contributed by atoms with van der Waals surface area (Å²) in [5.41, 5.74) is 2.69. The highest BCUT2D eigenvalue weighted by Crippen LogP contribution is 2.36.